The van der Waals surface area contributed by atoms with E-state index in [1.54, 1.807) is 6.20 Å². The van der Waals surface area contributed by atoms with Gasteiger partial charge in [0.05, 0.1) is 30.7 Å². The van der Waals surface area contributed by atoms with Crippen molar-refractivity contribution in [2.75, 3.05) is 36.9 Å². The zero-order chi connectivity index (χ0) is 28.8. The molecule has 0 amide bonds. The number of fused-ring (bicyclic) bond motifs is 1. The number of aliphatic hydroxyl groups excluding tert-OH is 1. The molecule has 9 nitrogen and oxygen atoms in total. The van der Waals surface area contributed by atoms with E-state index in [4.69, 9.17) is 9.72 Å². The maximum absolute atomic E-state index is 14.5. The van der Waals surface area contributed by atoms with E-state index >= 15 is 0 Å². The molecule has 0 aliphatic heterocycles. The van der Waals surface area contributed by atoms with Crippen LogP contribution in [0.2, 0.25) is 0 Å². The molecule has 0 radical (unpaired) electrons. The van der Waals surface area contributed by atoms with Gasteiger partial charge in [-0.25, -0.2) is 18.7 Å². The predicted octanol–water partition coefficient (Wildman–Crippen LogP) is 5.80. The minimum Gasteiger partial charge on any atom is -0.393 e. The highest BCUT2D eigenvalue weighted by molar-refractivity contribution is 5.76. The molecule has 2 heterocycles. The average molecular weight is 572 g/mol. The number of rotatable bonds is 12. The van der Waals surface area contributed by atoms with E-state index in [0.717, 1.165) is 77.3 Å². The summed E-state index contributed by atoms with van der Waals surface area (Å²) in [5.74, 6) is -0.368. The predicted molar refractivity (Wildman–Crippen MR) is 156 cm³/mol. The minimum absolute atomic E-state index is 0.0331. The maximum atomic E-state index is 14.5. The van der Waals surface area contributed by atoms with E-state index in [1.807, 2.05) is 4.57 Å². The Hall–Kier alpha value is -2.89. The summed E-state index contributed by atoms with van der Waals surface area (Å²) in [5.41, 5.74) is 1.38. The summed E-state index contributed by atoms with van der Waals surface area (Å²) in [6.45, 7) is 8.33. The second kappa shape index (κ2) is 13.8. The number of aromatic nitrogens is 4. The molecule has 3 N–H and O–H groups in total. The van der Waals surface area contributed by atoms with Gasteiger partial charge in [0.2, 0.25) is 11.9 Å². The van der Waals surface area contributed by atoms with Crippen LogP contribution in [0.1, 0.15) is 77.7 Å². The first-order valence-electron chi connectivity index (χ1n) is 15.2. The first-order valence-corrected chi connectivity index (χ1v) is 15.2. The van der Waals surface area contributed by atoms with E-state index in [1.165, 1.54) is 12.1 Å². The molecule has 5 rings (SSSR count). The van der Waals surface area contributed by atoms with Crippen molar-refractivity contribution < 1.29 is 18.6 Å². The molecule has 41 heavy (non-hydrogen) atoms. The van der Waals surface area contributed by atoms with Crippen molar-refractivity contribution in [3.63, 3.8) is 0 Å². The van der Waals surface area contributed by atoms with E-state index < -0.39 is 11.6 Å². The Balaban J connectivity index is 1.27. The van der Waals surface area contributed by atoms with Gasteiger partial charge in [-0.3, -0.25) is 4.57 Å². The molecule has 2 aromatic heterocycles. The number of imidazole rings is 1. The third-order valence-electron chi connectivity index (χ3n) is 8.40. The summed E-state index contributed by atoms with van der Waals surface area (Å²) in [4.78, 5) is 16.5. The van der Waals surface area contributed by atoms with Gasteiger partial charge in [0.25, 0.3) is 0 Å². The lowest BCUT2D eigenvalue weighted by molar-refractivity contribution is 0.0150. The molecule has 2 aliphatic rings. The second-order valence-corrected chi connectivity index (χ2v) is 11.3. The molecular weight excluding hydrogens is 528 g/mol. The number of halogens is 2. The third-order valence-corrected chi connectivity index (χ3v) is 8.40. The van der Waals surface area contributed by atoms with Crippen LogP contribution in [0.3, 0.4) is 0 Å². The van der Waals surface area contributed by atoms with Gasteiger partial charge in [-0.15, -0.1) is 0 Å². The van der Waals surface area contributed by atoms with Gasteiger partial charge in [-0.1, -0.05) is 13.8 Å². The number of anilines is 3. The number of hydrogen-bond acceptors (Lipinski definition) is 8. The van der Waals surface area contributed by atoms with E-state index in [2.05, 4.69) is 39.3 Å². The fourth-order valence-electron chi connectivity index (χ4n) is 6.07. The van der Waals surface area contributed by atoms with Crippen molar-refractivity contribution in [2.24, 2.45) is 0 Å². The Morgan fingerprint density at radius 2 is 1.80 bits per heavy atom. The molecular formula is C30H43F2N7O2. The molecule has 2 aliphatic carbocycles. The van der Waals surface area contributed by atoms with E-state index in [0.29, 0.717) is 42.0 Å². The summed E-state index contributed by atoms with van der Waals surface area (Å²) in [6, 6.07) is 3.71. The Kier molecular flexibility index (Phi) is 10.00. The zero-order valence-corrected chi connectivity index (χ0v) is 24.2. The van der Waals surface area contributed by atoms with Gasteiger partial charge in [-0.05, 0) is 83.0 Å². The van der Waals surface area contributed by atoms with Crippen molar-refractivity contribution in [1.82, 2.24) is 24.4 Å². The summed E-state index contributed by atoms with van der Waals surface area (Å²) < 4.78 is 36.2. The normalized spacial score (nSPS) is 23.3. The van der Waals surface area contributed by atoms with Gasteiger partial charge in [0, 0.05) is 24.7 Å². The first kappa shape index (κ1) is 29.6. The molecule has 0 unspecified atom stereocenters. The lowest BCUT2D eigenvalue weighted by atomic mass is 9.93. The van der Waals surface area contributed by atoms with Crippen LogP contribution in [0.15, 0.2) is 24.4 Å². The van der Waals surface area contributed by atoms with Gasteiger partial charge < -0.3 is 25.4 Å². The van der Waals surface area contributed by atoms with Gasteiger partial charge >= 0.3 is 0 Å². The Bertz CT molecular complexity index is 1270. The number of benzene rings is 1. The number of ether oxygens (including phenoxy) is 1. The van der Waals surface area contributed by atoms with Gasteiger partial charge in [-0.2, -0.15) is 4.98 Å². The molecule has 2 saturated carbocycles. The van der Waals surface area contributed by atoms with Crippen LogP contribution >= 0.6 is 0 Å². The zero-order valence-electron chi connectivity index (χ0n) is 24.2. The van der Waals surface area contributed by atoms with Crippen LogP contribution in [-0.4, -0.2) is 74.0 Å². The summed E-state index contributed by atoms with van der Waals surface area (Å²) in [7, 11) is 0. The molecule has 3 aromatic rings. The first-order chi connectivity index (χ1) is 19.9. The summed E-state index contributed by atoms with van der Waals surface area (Å²) in [6.07, 6.45) is 9.62. The van der Waals surface area contributed by atoms with Crippen molar-refractivity contribution in [3.8, 4) is 0 Å². The standard InChI is InChI=1S/C30H43F2N7O2/c1-3-15-38(4-2)16-17-41-24-12-6-21(7-13-24)34-29-33-19-27-28(37-29)39(22-8-10-23(40)11-9-22)30(36-27)35-26-14-5-20(31)18-25(26)32/h5,14,18-19,21-24,40H,3-4,6-13,15-17H2,1-2H3,(H,35,36)(H,33,34,37). The highest BCUT2D eigenvalue weighted by Gasteiger charge is 2.27. The number of nitrogens with zero attached hydrogens (tertiary/aromatic N) is 5. The van der Waals surface area contributed by atoms with Gasteiger partial charge in [0.1, 0.15) is 17.2 Å². The van der Waals surface area contributed by atoms with Gasteiger partial charge in [0.15, 0.2) is 5.65 Å². The van der Waals surface area contributed by atoms with Crippen LogP contribution in [0.25, 0.3) is 11.2 Å². The third kappa shape index (κ3) is 7.50. The number of aliphatic hydroxyl groups is 1. The lowest BCUT2D eigenvalue weighted by Gasteiger charge is -2.30. The molecule has 0 spiro atoms. The molecule has 2 fully saturated rings. The maximum Gasteiger partial charge on any atom is 0.224 e. The van der Waals surface area contributed by atoms with Crippen molar-refractivity contribution >= 4 is 28.7 Å². The fourth-order valence-corrected chi connectivity index (χ4v) is 6.07. The Morgan fingerprint density at radius 1 is 1.02 bits per heavy atom. The number of hydrogen-bond donors (Lipinski definition) is 3. The minimum atomic E-state index is -0.695. The second-order valence-electron chi connectivity index (χ2n) is 11.3. The topological polar surface area (TPSA) is 100 Å². The van der Waals surface area contributed by atoms with Crippen molar-refractivity contribution in [3.05, 3.63) is 36.0 Å². The average Bonchev–Trinajstić information content (AvgIpc) is 3.32. The quantitative estimate of drug-likeness (QED) is 0.251. The molecule has 0 saturated heterocycles. The fraction of sp³-hybridized carbons (Fsp3) is 0.633. The van der Waals surface area contributed by atoms with E-state index in [9.17, 15) is 13.9 Å². The molecule has 0 bridgehead atoms. The number of likely N-dealkylation sites (N-methyl/N-ethyl adjacent to an activating group) is 1. The highest BCUT2D eigenvalue weighted by Crippen LogP contribution is 2.35. The van der Waals surface area contributed by atoms with Crippen LogP contribution in [0.5, 0.6) is 0 Å². The molecule has 1 aromatic carbocycles. The Morgan fingerprint density at radius 3 is 2.51 bits per heavy atom. The molecule has 0 atom stereocenters. The van der Waals surface area contributed by atoms with Crippen LogP contribution in [-0.2, 0) is 4.74 Å². The van der Waals surface area contributed by atoms with E-state index in [-0.39, 0.29) is 23.9 Å². The lowest BCUT2D eigenvalue weighted by Crippen LogP contribution is -2.33. The van der Waals surface area contributed by atoms with Crippen LogP contribution < -0.4 is 10.6 Å². The van der Waals surface area contributed by atoms with Crippen molar-refractivity contribution in [1.29, 1.82) is 0 Å². The number of nitrogens with one attached hydrogen (secondary N) is 2. The summed E-state index contributed by atoms with van der Waals surface area (Å²) in [5, 5.41) is 16.6. The molecule has 11 heteroatoms. The summed E-state index contributed by atoms with van der Waals surface area (Å²) >= 11 is 0. The smallest absolute Gasteiger partial charge is 0.224 e. The van der Waals surface area contributed by atoms with Crippen LogP contribution in [0, 0.1) is 11.6 Å². The highest BCUT2D eigenvalue weighted by atomic mass is 19.1. The molecule has 224 valence electrons. The Labute approximate surface area is 240 Å². The largest absolute Gasteiger partial charge is 0.393 e. The SMILES string of the molecule is CCCN(CC)CCOC1CCC(Nc2ncc3nc(Nc4ccc(F)cc4F)n(C4CCC(O)CC4)c3n2)CC1. The van der Waals surface area contributed by atoms with Crippen LogP contribution in [0.4, 0.5) is 26.4 Å². The monoisotopic (exact) mass is 571 g/mol. The van der Waals surface area contributed by atoms with Crippen molar-refractivity contribution in [2.45, 2.75) is 95.9 Å².